The lowest BCUT2D eigenvalue weighted by molar-refractivity contribution is -0.394. The van der Waals surface area contributed by atoms with Gasteiger partial charge in [-0.2, -0.15) is 0 Å². The number of non-ortho nitro benzene ring substituents is 1. The van der Waals surface area contributed by atoms with Crippen LogP contribution in [0.4, 0.5) is 11.4 Å². The van der Waals surface area contributed by atoms with Crippen LogP contribution in [0, 0.1) is 20.2 Å². The van der Waals surface area contributed by atoms with Gasteiger partial charge >= 0.3 is 5.69 Å². The van der Waals surface area contributed by atoms with Gasteiger partial charge in [0.05, 0.1) is 15.9 Å². The van der Waals surface area contributed by atoms with E-state index in [0.29, 0.717) is 6.07 Å². The molecule has 0 N–H and O–H groups in total. The van der Waals surface area contributed by atoms with Crippen molar-refractivity contribution < 1.29 is 23.0 Å². The summed E-state index contributed by atoms with van der Waals surface area (Å²) in [7, 11) is -3.47. The van der Waals surface area contributed by atoms with E-state index in [1.165, 1.54) is 0 Å². The second-order valence-corrected chi connectivity index (χ2v) is 5.44. The van der Waals surface area contributed by atoms with Gasteiger partial charge < -0.3 is 4.74 Å². The van der Waals surface area contributed by atoms with Crippen molar-refractivity contribution in [1.82, 2.24) is 0 Å². The van der Waals surface area contributed by atoms with Gasteiger partial charge in [0.2, 0.25) is 0 Å². The Morgan fingerprint density at radius 3 is 2.28 bits per heavy atom. The summed E-state index contributed by atoms with van der Waals surface area (Å²) in [5.74, 6) is -1.08. The molecule has 0 heterocycles. The van der Waals surface area contributed by atoms with Crippen LogP contribution in [0.2, 0.25) is 0 Å². The first kappa shape index (κ1) is 13.8. The average molecular weight is 276 g/mol. The SMILES string of the molecule is CS(=O)(=O)COc1ccc([N+](=O)[O-])cc1[N+](=O)[O-]. The smallest absolute Gasteiger partial charge is 0.317 e. The molecule has 98 valence electrons. The van der Waals surface area contributed by atoms with Crippen LogP contribution in [0.1, 0.15) is 0 Å². The Bertz CT molecular complexity index is 595. The summed E-state index contributed by atoms with van der Waals surface area (Å²) in [6, 6.07) is 2.68. The second kappa shape index (κ2) is 4.96. The lowest BCUT2D eigenvalue weighted by Crippen LogP contribution is -2.10. The van der Waals surface area contributed by atoms with Crippen molar-refractivity contribution in [3.8, 4) is 5.75 Å². The van der Waals surface area contributed by atoms with Crippen molar-refractivity contribution >= 4 is 21.2 Å². The lowest BCUT2D eigenvalue weighted by atomic mass is 10.2. The fraction of sp³-hybridized carbons (Fsp3) is 0.250. The number of hydrogen-bond acceptors (Lipinski definition) is 7. The molecule has 0 aliphatic carbocycles. The highest BCUT2D eigenvalue weighted by Crippen LogP contribution is 2.31. The van der Waals surface area contributed by atoms with E-state index < -0.39 is 37.0 Å². The quantitative estimate of drug-likeness (QED) is 0.576. The first-order valence-electron chi connectivity index (χ1n) is 4.44. The molecule has 0 unspecified atom stereocenters. The Kier molecular flexibility index (Phi) is 3.81. The maximum absolute atomic E-state index is 10.9. The maximum Gasteiger partial charge on any atom is 0.317 e. The second-order valence-electron chi connectivity index (χ2n) is 3.35. The Balaban J connectivity index is 3.12. The van der Waals surface area contributed by atoms with Crippen molar-refractivity contribution in [2.75, 3.05) is 12.2 Å². The Labute approximate surface area is 101 Å². The van der Waals surface area contributed by atoms with E-state index >= 15 is 0 Å². The average Bonchev–Trinajstić information content (AvgIpc) is 2.24. The van der Waals surface area contributed by atoms with Crippen molar-refractivity contribution in [2.24, 2.45) is 0 Å². The van der Waals surface area contributed by atoms with E-state index in [1.807, 2.05) is 0 Å². The summed E-state index contributed by atoms with van der Waals surface area (Å²) in [5, 5.41) is 21.1. The highest BCUT2D eigenvalue weighted by Gasteiger charge is 2.21. The van der Waals surface area contributed by atoms with Crippen LogP contribution < -0.4 is 4.74 Å². The molecule has 0 spiro atoms. The Hall–Kier alpha value is -2.23. The molecule has 0 bridgehead atoms. The molecule has 1 rings (SSSR count). The molecule has 0 saturated carbocycles. The topological polar surface area (TPSA) is 130 Å². The van der Waals surface area contributed by atoms with Gasteiger partial charge in [-0.1, -0.05) is 0 Å². The predicted molar refractivity (Wildman–Crippen MR) is 60.1 cm³/mol. The van der Waals surface area contributed by atoms with Crippen LogP contribution >= 0.6 is 0 Å². The van der Waals surface area contributed by atoms with Crippen LogP contribution in [0.15, 0.2) is 18.2 Å². The number of hydrogen-bond donors (Lipinski definition) is 0. The van der Waals surface area contributed by atoms with E-state index in [0.717, 1.165) is 18.4 Å². The molecule has 1 aromatic carbocycles. The van der Waals surface area contributed by atoms with Gasteiger partial charge in [0.1, 0.15) is 0 Å². The molecule has 0 atom stereocenters. The van der Waals surface area contributed by atoms with Gasteiger partial charge in [-0.3, -0.25) is 20.2 Å². The largest absolute Gasteiger partial charge is 0.471 e. The highest BCUT2D eigenvalue weighted by atomic mass is 32.2. The monoisotopic (exact) mass is 276 g/mol. The Morgan fingerprint density at radius 2 is 1.83 bits per heavy atom. The first-order chi connectivity index (χ1) is 8.20. The molecule has 0 aromatic heterocycles. The molecule has 9 nitrogen and oxygen atoms in total. The summed E-state index contributed by atoms with van der Waals surface area (Å²) >= 11 is 0. The van der Waals surface area contributed by atoms with Crippen molar-refractivity contribution in [1.29, 1.82) is 0 Å². The van der Waals surface area contributed by atoms with E-state index in [1.54, 1.807) is 0 Å². The number of sulfone groups is 1. The van der Waals surface area contributed by atoms with Gasteiger partial charge in [-0.05, 0) is 6.07 Å². The van der Waals surface area contributed by atoms with E-state index in [9.17, 15) is 28.6 Å². The summed E-state index contributed by atoms with van der Waals surface area (Å²) < 4.78 is 26.5. The third kappa shape index (κ3) is 3.66. The van der Waals surface area contributed by atoms with Gasteiger partial charge in [0.25, 0.3) is 5.69 Å². The van der Waals surface area contributed by atoms with Crippen molar-refractivity contribution in [3.05, 3.63) is 38.4 Å². The molecule has 10 heteroatoms. The molecule has 0 amide bonds. The minimum absolute atomic E-state index is 0.337. The van der Waals surface area contributed by atoms with Crippen LogP contribution in [0.25, 0.3) is 0 Å². The van der Waals surface area contributed by atoms with Gasteiger partial charge in [0, 0.05) is 12.3 Å². The van der Waals surface area contributed by atoms with Crippen LogP contribution in [-0.2, 0) is 9.84 Å². The molecular formula is C8H8N2O7S. The molecule has 0 fully saturated rings. The number of ether oxygens (including phenoxy) is 1. The lowest BCUT2D eigenvalue weighted by Gasteiger charge is -2.04. The zero-order valence-electron chi connectivity index (χ0n) is 9.10. The molecule has 1 aromatic rings. The highest BCUT2D eigenvalue weighted by molar-refractivity contribution is 7.90. The molecular weight excluding hydrogens is 268 g/mol. The van der Waals surface area contributed by atoms with Gasteiger partial charge in [-0.25, -0.2) is 8.42 Å². The minimum Gasteiger partial charge on any atom is -0.471 e. The first-order valence-corrected chi connectivity index (χ1v) is 6.50. The van der Waals surface area contributed by atoms with E-state index in [4.69, 9.17) is 4.74 Å². The maximum atomic E-state index is 10.9. The summed E-state index contributed by atoms with van der Waals surface area (Å²) in [4.78, 5) is 19.4. The van der Waals surface area contributed by atoms with Crippen LogP contribution in [-0.4, -0.2) is 30.5 Å². The fourth-order valence-electron chi connectivity index (χ4n) is 1.05. The zero-order valence-corrected chi connectivity index (χ0v) is 9.92. The molecule has 0 radical (unpaired) electrons. The van der Waals surface area contributed by atoms with Crippen molar-refractivity contribution in [3.63, 3.8) is 0 Å². The molecule has 0 aliphatic heterocycles. The van der Waals surface area contributed by atoms with E-state index in [2.05, 4.69) is 0 Å². The van der Waals surface area contributed by atoms with Crippen LogP contribution in [0.5, 0.6) is 5.75 Å². The van der Waals surface area contributed by atoms with Gasteiger partial charge in [-0.15, -0.1) is 0 Å². The van der Waals surface area contributed by atoms with Gasteiger partial charge in [0.15, 0.2) is 21.5 Å². The summed E-state index contributed by atoms with van der Waals surface area (Å²) in [5.41, 5.74) is -1.14. The standard InChI is InChI=1S/C8H8N2O7S/c1-18(15,16)5-17-8-3-2-6(9(11)12)4-7(8)10(13)14/h2-4H,5H2,1H3. The molecule has 18 heavy (non-hydrogen) atoms. The predicted octanol–water partition coefficient (Wildman–Crippen LogP) is 0.884. The third-order valence-corrected chi connectivity index (χ3v) is 2.32. The number of nitrogens with zero attached hydrogens (tertiary/aromatic N) is 2. The fourth-order valence-corrected chi connectivity index (χ4v) is 1.40. The third-order valence-electron chi connectivity index (χ3n) is 1.78. The molecule has 0 aliphatic rings. The number of nitro groups is 2. The summed E-state index contributed by atoms with van der Waals surface area (Å²) in [6.45, 7) is 0. The van der Waals surface area contributed by atoms with E-state index in [-0.39, 0.29) is 5.75 Å². The normalized spacial score (nSPS) is 10.9. The number of benzene rings is 1. The Morgan fingerprint density at radius 1 is 1.22 bits per heavy atom. The number of rotatable bonds is 5. The zero-order chi connectivity index (χ0) is 13.9. The summed E-state index contributed by atoms with van der Waals surface area (Å²) in [6.07, 6.45) is 0.893. The number of nitro benzene ring substituents is 2. The van der Waals surface area contributed by atoms with Crippen LogP contribution in [0.3, 0.4) is 0 Å². The molecule has 0 saturated heterocycles. The van der Waals surface area contributed by atoms with Crippen molar-refractivity contribution in [2.45, 2.75) is 0 Å². The minimum atomic E-state index is -3.47.